The van der Waals surface area contributed by atoms with Gasteiger partial charge in [0.2, 0.25) is 5.91 Å². The van der Waals surface area contributed by atoms with Crippen LogP contribution in [0, 0.1) is 0 Å². The number of rotatable bonds is 6. The van der Waals surface area contributed by atoms with Gasteiger partial charge in [0.05, 0.1) is 0 Å². The minimum atomic E-state index is -4.70. The van der Waals surface area contributed by atoms with Gasteiger partial charge in [-0.2, -0.15) is 16.8 Å². The summed E-state index contributed by atoms with van der Waals surface area (Å²) in [5.74, 6) is -1.14. The molecule has 1 unspecified atom stereocenters. The molecule has 0 bridgehead atoms. The van der Waals surface area contributed by atoms with Crippen LogP contribution in [0.15, 0.2) is 95.7 Å². The maximum atomic E-state index is 12.8. The van der Waals surface area contributed by atoms with Crippen LogP contribution < -0.4 is 5.32 Å². The molecule has 42 heavy (non-hydrogen) atoms. The van der Waals surface area contributed by atoms with Crippen molar-refractivity contribution in [1.82, 2.24) is 0 Å². The first kappa shape index (κ1) is 30.1. The second-order valence-corrected chi connectivity index (χ2v) is 14.5. The summed E-state index contributed by atoms with van der Waals surface area (Å²) in [5.41, 5.74) is 1.30. The molecular weight excluding hydrogens is 638 g/mol. The summed E-state index contributed by atoms with van der Waals surface area (Å²) >= 11 is 8.78. The number of fused-ring (bicyclic) bond motifs is 3. The zero-order valence-electron chi connectivity index (χ0n) is 21.5. The van der Waals surface area contributed by atoms with Gasteiger partial charge in [0.1, 0.15) is 5.75 Å². The van der Waals surface area contributed by atoms with Crippen molar-refractivity contribution in [3.05, 3.63) is 112 Å². The quantitative estimate of drug-likeness (QED) is 0.157. The molecule has 0 spiro atoms. The number of nitrogens with one attached hydrogen (secondary N) is 1. The van der Waals surface area contributed by atoms with E-state index in [4.69, 9.17) is 16.2 Å². The summed E-state index contributed by atoms with van der Waals surface area (Å²) in [6, 6.07) is 25.4. The van der Waals surface area contributed by atoms with Crippen LogP contribution in [0.1, 0.15) is 16.4 Å². The van der Waals surface area contributed by atoms with E-state index in [2.05, 4.69) is 5.32 Å². The number of benzene rings is 4. The van der Waals surface area contributed by atoms with E-state index in [1.807, 2.05) is 54.6 Å². The maximum Gasteiger partial charge on any atom is 0.281 e. The Bertz CT molecular complexity index is 2160. The topological polar surface area (TPSA) is 138 Å². The predicted molar refractivity (Wildman–Crippen MR) is 171 cm³/mol. The molecule has 4 aromatic carbocycles. The Kier molecular flexibility index (Phi) is 8.67. The second-order valence-electron chi connectivity index (χ2n) is 9.26. The Morgan fingerprint density at radius 1 is 0.786 bits per heavy atom. The Morgan fingerprint density at radius 3 is 2.19 bits per heavy atom. The van der Waals surface area contributed by atoms with E-state index < -0.39 is 31.4 Å². The average molecular weight is 660 g/mol. The molecule has 0 fully saturated rings. The van der Waals surface area contributed by atoms with Crippen LogP contribution in [0.4, 0.5) is 5.69 Å². The SMILES string of the molecule is O=C(Nc1ccc2ccccc2c1)C(c1csc2ccc(Cl)cc12)S(=O)(=O)O.O=S(=O)(O)Cc1csc2ccccc12. The van der Waals surface area contributed by atoms with Crippen LogP contribution in [0.2, 0.25) is 5.02 Å². The largest absolute Gasteiger partial charge is 0.325 e. The highest BCUT2D eigenvalue weighted by molar-refractivity contribution is 7.86. The lowest BCUT2D eigenvalue weighted by molar-refractivity contribution is -0.116. The van der Waals surface area contributed by atoms with Crippen LogP contribution >= 0.6 is 34.3 Å². The van der Waals surface area contributed by atoms with Gasteiger partial charge < -0.3 is 5.32 Å². The van der Waals surface area contributed by atoms with Crippen LogP contribution in [0.25, 0.3) is 30.9 Å². The van der Waals surface area contributed by atoms with E-state index in [0.717, 1.165) is 25.6 Å². The first-order chi connectivity index (χ1) is 19.9. The van der Waals surface area contributed by atoms with Gasteiger partial charge in [0.15, 0.2) is 5.25 Å². The lowest BCUT2D eigenvalue weighted by Gasteiger charge is -2.14. The van der Waals surface area contributed by atoms with Crippen molar-refractivity contribution in [3.63, 3.8) is 0 Å². The first-order valence-corrected chi connectivity index (χ1v) is 17.5. The third-order valence-electron chi connectivity index (χ3n) is 6.30. The van der Waals surface area contributed by atoms with Crippen LogP contribution in [-0.4, -0.2) is 31.8 Å². The summed E-state index contributed by atoms with van der Waals surface area (Å²) in [4.78, 5) is 12.8. The Labute approximate surface area is 254 Å². The van der Waals surface area contributed by atoms with E-state index in [1.165, 1.54) is 22.7 Å². The zero-order chi connectivity index (χ0) is 30.1. The molecule has 2 heterocycles. The highest BCUT2D eigenvalue weighted by Crippen LogP contribution is 2.36. The number of hydrogen-bond acceptors (Lipinski definition) is 7. The fourth-order valence-electron chi connectivity index (χ4n) is 4.48. The molecule has 2 aromatic heterocycles. The molecule has 0 saturated heterocycles. The summed E-state index contributed by atoms with van der Waals surface area (Å²) in [7, 11) is -8.63. The Hall–Kier alpha value is -3.36. The van der Waals surface area contributed by atoms with Gasteiger partial charge in [-0.25, -0.2) is 0 Å². The first-order valence-electron chi connectivity index (χ1n) is 12.2. The molecular formula is C29H22ClNO7S4. The molecule has 1 amide bonds. The van der Waals surface area contributed by atoms with E-state index in [9.17, 15) is 26.2 Å². The number of hydrogen-bond donors (Lipinski definition) is 3. The van der Waals surface area contributed by atoms with Crippen LogP contribution in [-0.2, 0) is 30.8 Å². The number of anilines is 1. The summed E-state index contributed by atoms with van der Waals surface area (Å²) in [6.07, 6.45) is 0. The Morgan fingerprint density at radius 2 is 1.45 bits per heavy atom. The van der Waals surface area contributed by atoms with E-state index in [1.54, 1.807) is 41.1 Å². The van der Waals surface area contributed by atoms with Crippen LogP contribution in [0.5, 0.6) is 0 Å². The maximum absolute atomic E-state index is 12.8. The minimum Gasteiger partial charge on any atom is -0.325 e. The fraction of sp³-hybridized carbons (Fsp3) is 0.0690. The number of thiophene rings is 2. The normalized spacial score (nSPS) is 12.6. The molecule has 6 aromatic rings. The van der Waals surface area contributed by atoms with Crippen molar-refractivity contribution in [1.29, 1.82) is 0 Å². The summed E-state index contributed by atoms with van der Waals surface area (Å²) in [5, 5.41) is 7.88. The molecule has 0 aliphatic heterocycles. The van der Waals surface area contributed by atoms with E-state index in [0.29, 0.717) is 21.7 Å². The molecule has 3 N–H and O–H groups in total. The van der Waals surface area contributed by atoms with Gasteiger partial charge in [-0.05, 0) is 74.3 Å². The molecule has 6 rings (SSSR count). The molecule has 8 nitrogen and oxygen atoms in total. The van der Waals surface area contributed by atoms with Crippen molar-refractivity contribution in [2.45, 2.75) is 11.0 Å². The predicted octanol–water partition coefficient (Wildman–Crippen LogP) is 7.56. The van der Waals surface area contributed by atoms with Gasteiger partial charge in [0, 0.05) is 25.7 Å². The van der Waals surface area contributed by atoms with Crippen molar-refractivity contribution in [2.75, 3.05) is 5.32 Å². The summed E-state index contributed by atoms with van der Waals surface area (Å²) < 4.78 is 65.9. The number of halogens is 1. The van der Waals surface area contributed by atoms with Crippen molar-refractivity contribution in [2.24, 2.45) is 0 Å². The minimum absolute atomic E-state index is 0.197. The molecule has 0 radical (unpaired) electrons. The fourth-order valence-corrected chi connectivity index (χ4v) is 8.25. The number of carbonyl (C=O) groups excluding carboxylic acids is 1. The van der Waals surface area contributed by atoms with Gasteiger partial charge in [0.25, 0.3) is 20.2 Å². The van der Waals surface area contributed by atoms with E-state index >= 15 is 0 Å². The van der Waals surface area contributed by atoms with Gasteiger partial charge in [-0.1, -0.05) is 60.1 Å². The second kappa shape index (κ2) is 12.1. The standard InChI is InChI=1S/C20H14ClNO4S2.C9H8O3S2/c21-14-6-8-18-16(10-14)17(11-27-18)19(28(24,25)26)20(23)22-15-7-5-12-3-1-2-4-13(12)9-15;10-14(11,12)6-7-5-13-9-4-2-1-3-8(7)9/h1-11,19H,(H,22,23)(H,24,25,26);1-5H,6H2,(H,10,11,12). The van der Waals surface area contributed by atoms with Crippen LogP contribution in [0.3, 0.4) is 0 Å². The Balaban J connectivity index is 0.000000211. The smallest absolute Gasteiger partial charge is 0.281 e. The third kappa shape index (κ3) is 6.98. The summed E-state index contributed by atoms with van der Waals surface area (Å²) in [6.45, 7) is 0. The van der Waals surface area contributed by atoms with Crippen molar-refractivity contribution >= 4 is 97.1 Å². The average Bonchev–Trinajstić information content (AvgIpc) is 3.51. The molecule has 216 valence electrons. The lowest BCUT2D eigenvalue weighted by Crippen LogP contribution is -2.27. The number of amides is 1. The van der Waals surface area contributed by atoms with Gasteiger partial charge in [-0.3, -0.25) is 13.9 Å². The molecule has 0 aliphatic rings. The monoisotopic (exact) mass is 659 g/mol. The molecule has 0 saturated carbocycles. The van der Waals surface area contributed by atoms with E-state index in [-0.39, 0.29) is 11.3 Å². The highest BCUT2D eigenvalue weighted by Gasteiger charge is 2.35. The zero-order valence-corrected chi connectivity index (χ0v) is 25.5. The van der Waals surface area contributed by atoms with Gasteiger partial charge in [-0.15, -0.1) is 22.7 Å². The number of carbonyl (C=O) groups is 1. The van der Waals surface area contributed by atoms with Gasteiger partial charge >= 0.3 is 0 Å². The molecule has 0 aliphatic carbocycles. The van der Waals surface area contributed by atoms with Crippen molar-refractivity contribution < 1.29 is 30.7 Å². The highest BCUT2D eigenvalue weighted by atomic mass is 35.5. The third-order valence-corrected chi connectivity index (χ3v) is 10.3. The lowest BCUT2D eigenvalue weighted by atomic mass is 10.1. The van der Waals surface area contributed by atoms with Crippen molar-refractivity contribution in [3.8, 4) is 0 Å². The molecule has 1 atom stereocenters. The molecule has 13 heteroatoms.